The molecule has 1 saturated carbocycles. The molecule has 1 unspecified atom stereocenters. The molecule has 1 aliphatic heterocycles. The summed E-state index contributed by atoms with van der Waals surface area (Å²) in [5.41, 5.74) is 1.79. The summed E-state index contributed by atoms with van der Waals surface area (Å²) in [5, 5.41) is 16.2. The Morgan fingerprint density at radius 1 is 1.25 bits per heavy atom. The molecule has 1 saturated heterocycles. The van der Waals surface area contributed by atoms with E-state index in [9.17, 15) is 9.90 Å². The number of piperidine rings is 1. The Kier molecular flexibility index (Phi) is 5.28. The number of fused-ring (bicyclic) bond motifs is 1. The van der Waals surface area contributed by atoms with Crippen LogP contribution in [-0.2, 0) is 19.1 Å². The van der Waals surface area contributed by atoms with Crippen molar-refractivity contribution in [1.82, 2.24) is 14.7 Å². The second-order valence-corrected chi connectivity index (χ2v) is 8.39. The van der Waals surface area contributed by atoms with Crippen molar-refractivity contribution in [2.45, 2.75) is 63.5 Å². The summed E-state index contributed by atoms with van der Waals surface area (Å²) in [5.74, 6) is 0.147. The lowest BCUT2D eigenvalue weighted by Crippen LogP contribution is -2.59. The van der Waals surface area contributed by atoms with Crippen LogP contribution in [0.25, 0.3) is 0 Å². The monoisotopic (exact) mass is 381 g/mol. The number of carbonyl (C=O) groups excluding carboxylic acids is 1. The molecule has 150 valence electrons. The molecule has 1 aromatic heterocycles. The number of aliphatic hydroxyl groups is 1. The van der Waals surface area contributed by atoms with Crippen LogP contribution in [0.4, 0.5) is 0 Å². The van der Waals surface area contributed by atoms with Crippen molar-refractivity contribution in [3.8, 4) is 0 Å². The lowest BCUT2D eigenvalue weighted by molar-refractivity contribution is -0.110. The van der Waals surface area contributed by atoms with Gasteiger partial charge in [-0.3, -0.25) is 9.48 Å². The van der Waals surface area contributed by atoms with E-state index in [1.54, 1.807) is 4.68 Å². The molecule has 1 aliphatic carbocycles. The van der Waals surface area contributed by atoms with Crippen molar-refractivity contribution in [2.75, 3.05) is 6.54 Å². The Bertz CT molecular complexity index is 832. The third-order valence-electron chi connectivity index (χ3n) is 6.67. The molecule has 0 spiro atoms. The first-order chi connectivity index (χ1) is 13.5. The van der Waals surface area contributed by atoms with Crippen molar-refractivity contribution in [3.63, 3.8) is 0 Å². The van der Waals surface area contributed by atoms with Crippen LogP contribution in [0.1, 0.15) is 67.2 Å². The predicted molar refractivity (Wildman–Crippen MR) is 109 cm³/mol. The van der Waals surface area contributed by atoms with E-state index in [4.69, 9.17) is 0 Å². The molecule has 0 bridgehead atoms. The Balaban J connectivity index is 1.63. The smallest absolute Gasteiger partial charge is 0.272 e. The van der Waals surface area contributed by atoms with Crippen molar-refractivity contribution < 1.29 is 9.90 Å². The average Bonchev–Trinajstić information content (AvgIpc) is 3.09. The number of rotatable bonds is 4. The molecule has 2 aliphatic rings. The number of hydrogen-bond acceptors (Lipinski definition) is 3. The van der Waals surface area contributed by atoms with Gasteiger partial charge in [0.2, 0.25) is 0 Å². The largest absolute Gasteiger partial charge is 0.385 e. The van der Waals surface area contributed by atoms with Crippen molar-refractivity contribution in [1.29, 1.82) is 0 Å². The summed E-state index contributed by atoms with van der Waals surface area (Å²) >= 11 is 0. The van der Waals surface area contributed by atoms with E-state index in [0.29, 0.717) is 18.7 Å². The van der Waals surface area contributed by atoms with Crippen LogP contribution in [0.3, 0.4) is 0 Å². The number of aryl methyl sites for hydroxylation is 2. The average molecular weight is 382 g/mol. The standard InChI is InChI=1S/C23H31N3O2/c1-3-9-18-16-21(25(2)24-18)22(27)26-15-14-23(28,17-10-5-4-6-11-17)19-12-7-8-13-20(19)26/h4-6,10-11,16,19-20,28H,3,7-9,12-15H2,1-2H3/t19-,20?,23-/m1/s1. The normalized spacial score (nSPS) is 27.5. The number of nitrogens with zero attached hydrogens (tertiary/aromatic N) is 3. The highest BCUT2D eigenvalue weighted by Crippen LogP contribution is 2.47. The highest BCUT2D eigenvalue weighted by molar-refractivity contribution is 5.93. The van der Waals surface area contributed by atoms with E-state index in [1.807, 2.05) is 48.3 Å². The van der Waals surface area contributed by atoms with Gasteiger partial charge in [0.1, 0.15) is 5.69 Å². The third-order valence-corrected chi connectivity index (χ3v) is 6.67. The molecule has 2 fully saturated rings. The third kappa shape index (κ3) is 3.26. The molecule has 4 rings (SSSR count). The van der Waals surface area contributed by atoms with Crippen molar-refractivity contribution >= 4 is 5.91 Å². The molecule has 2 aromatic rings. The van der Waals surface area contributed by atoms with Gasteiger partial charge in [0.05, 0.1) is 11.3 Å². The Morgan fingerprint density at radius 2 is 2.00 bits per heavy atom. The fourth-order valence-electron chi connectivity index (χ4n) is 5.27. The molecule has 1 aromatic carbocycles. The number of hydrogen-bond donors (Lipinski definition) is 1. The Morgan fingerprint density at radius 3 is 2.75 bits per heavy atom. The fraction of sp³-hybridized carbons (Fsp3) is 0.565. The van der Waals surface area contributed by atoms with Gasteiger partial charge in [0.25, 0.3) is 5.91 Å². The lowest BCUT2D eigenvalue weighted by Gasteiger charge is -2.52. The molecule has 0 radical (unpaired) electrons. The van der Waals surface area contributed by atoms with Gasteiger partial charge in [-0.25, -0.2) is 0 Å². The maximum absolute atomic E-state index is 13.4. The van der Waals surface area contributed by atoms with Crippen LogP contribution in [0, 0.1) is 5.92 Å². The molecule has 3 atom stereocenters. The summed E-state index contributed by atoms with van der Waals surface area (Å²) in [6.45, 7) is 2.71. The number of likely N-dealkylation sites (tertiary alicyclic amines) is 1. The van der Waals surface area contributed by atoms with Crippen LogP contribution < -0.4 is 0 Å². The van der Waals surface area contributed by atoms with E-state index < -0.39 is 5.60 Å². The number of aromatic nitrogens is 2. The molecule has 28 heavy (non-hydrogen) atoms. The molecule has 1 amide bonds. The summed E-state index contributed by atoms with van der Waals surface area (Å²) in [6.07, 6.45) is 6.65. The van der Waals surface area contributed by atoms with Crippen LogP contribution in [0.15, 0.2) is 36.4 Å². The summed E-state index contributed by atoms with van der Waals surface area (Å²) in [6, 6.07) is 12.1. The van der Waals surface area contributed by atoms with Gasteiger partial charge < -0.3 is 10.0 Å². The predicted octanol–water partition coefficient (Wildman–Crippen LogP) is 3.67. The van der Waals surface area contributed by atoms with E-state index in [-0.39, 0.29) is 17.9 Å². The first-order valence-corrected chi connectivity index (χ1v) is 10.7. The Labute approximate surface area is 167 Å². The number of carbonyl (C=O) groups is 1. The van der Waals surface area contributed by atoms with Crippen LogP contribution >= 0.6 is 0 Å². The fourth-order valence-corrected chi connectivity index (χ4v) is 5.27. The maximum atomic E-state index is 13.4. The van der Waals surface area contributed by atoms with Gasteiger partial charge in [0.15, 0.2) is 0 Å². The molecule has 1 N–H and O–H groups in total. The molecular formula is C23H31N3O2. The van der Waals surface area contributed by atoms with Crippen LogP contribution in [0.5, 0.6) is 0 Å². The Hall–Kier alpha value is -2.14. The van der Waals surface area contributed by atoms with E-state index >= 15 is 0 Å². The van der Waals surface area contributed by atoms with Crippen LogP contribution in [-0.4, -0.2) is 38.3 Å². The number of benzene rings is 1. The van der Waals surface area contributed by atoms with Crippen LogP contribution in [0.2, 0.25) is 0 Å². The summed E-state index contributed by atoms with van der Waals surface area (Å²) < 4.78 is 1.73. The SMILES string of the molecule is CCCc1cc(C(=O)N2CC[C@@](O)(c3ccccc3)[C@@H]3CCCCC32)n(C)n1. The molecule has 5 nitrogen and oxygen atoms in total. The van der Waals surface area contributed by atoms with Crippen molar-refractivity contribution in [2.24, 2.45) is 13.0 Å². The highest BCUT2D eigenvalue weighted by Gasteiger charge is 2.50. The van der Waals surface area contributed by atoms with E-state index in [0.717, 1.165) is 49.8 Å². The second-order valence-electron chi connectivity index (χ2n) is 8.39. The zero-order valence-electron chi connectivity index (χ0n) is 17.0. The minimum atomic E-state index is -0.844. The highest BCUT2D eigenvalue weighted by atomic mass is 16.3. The molecule has 2 heterocycles. The van der Waals surface area contributed by atoms with Gasteiger partial charge in [-0.2, -0.15) is 5.10 Å². The first-order valence-electron chi connectivity index (χ1n) is 10.7. The summed E-state index contributed by atoms with van der Waals surface area (Å²) in [4.78, 5) is 15.4. The van der Waals surface area contributed by atoms with Gasteiger partial charge in [-0.05, 0) is 37.3 Å². The van der Waals surface area contributed by atoms with E-state index in [2.05, 4.69) is 12.0 Å². The topological polar surface area (TPSA) is 58.4 Å². The quantitative estimate of drug-likeness (QED) is 0.879. The zero-order chi connectivity index (χ0) is 19.7. The summed E-state index contributed by atoms with van der Waals surface area (Å²) in [7, 11) is 1.86. The van der Waals surface area contributed by atoms with Gasteiger partial charge >= 0.3 is 0 Å². The van der Waals surface area contributed by atoms with E-state index in [1.165, 1.54) is 0 Å². The number of amides is 1. The van der Waals surface area contributed by atoms with Gasteiger partial charge in [-0.1, -0.05) is 56.5 Å². The minimum absolute atomic E-state index is 0.0596. The minimum Gasteiger partial charge on any atom is -0.385 e. The van der Waals surface area contributed by atoms with Crippen molar-refractivity contribution in [3.05, 3.63) is 53.3 Å². The van der Waals surface area contributed by atoms with Gasteiger partial charge in [0, 0.05) is 25.6 Å². The maximum Gasteiger partial charge on any atom is 0.272 e. The zero-order valence-corrected chi connectivity index (χ0v) is 17.0. The lowest BCUT2D eigenvalue weighted by atomic mass is 9.66. The first kappa shape index (κ1) is 19.2. The molecule has 5 heteroatoms. The van der Waals surface area contributed by atoms with Gasteiger partial charge in [-0.15, -0.1) is 0 Å². The second kappa shape index (κ2) is 7.70. The molecular weight excluding hydrogens is 350 g/mol.